The minimum Gasteiger partial charge on any atom is -0.306 e. The third-order valence-corrected chi connectivity index (χ3v) is 2.97. The summed E-state index contributed by atoms with van der Waals surface area (Å²) < 4.78 is 0. The molecule has 19 heavy (non-hydrogen) atoms. The molecular weight excluding hydrogens is 242 g/mol. The summed E-state index contributed by atoms with van der Waals surface area (Å²) in [5, 5.41) is 14.2. The van der Waals surface area contributed by atoms with Crippen LogP contribution in [0.1, 0.15) is 24.1 Å². The van der Waals surface area contributed by atoms with Gasteiger partial charge in [0.25, 0.3) is 5.69 Å². The fraction of sp³-hybridized carbons (Fsp3) is 0.214. The second-order valence-corrected chi connectivity index (χ2v) is 4.27. The van der Waals surface area contributed by atoms with Gasteiger partial charge in [0, 0.05) is 36.6 Å². The van der Waals surface area contributed by atoms with E-state index in [9.17, 15) is 10.1 Å². The zero-order valence-corrected chi connectivity index (χ0v) is 10.6. The summed E-state index contributed by atoms with van der Waals surface area (Å²) in [6.45, 7) is 2.46. The molecule has 0 unspecified atom stereocenters. The summed E-state index contributed by atoms with van der Waals surface area (Å²) in [5.41, 5.74) is 1.89. The Hall–Kier alpha value is -2.27. The second-order valence-electron chi connectivity index (χ2n) is 4.27. The van der Waals surface area contributed by atoms with E-state index >= 15 is 0 Å². The van der Waals surface area contributed by atoms with E-state index in [4.69, 9.17) is 0 Å². The first-order chi connectivity index (χ1) is 9.18. The highest BCUT2D eigenvalue weighted by Crippen LogP contribution is 2.19. The van der Waals surface area contributed by atoms with Crippen LogP contribution in [0.3, 0.4) is 0 Å². The van der Waals surface area contributed by atoms with Gasteiger partial charge in [-0.05, 0) is 18.6 Å². The van der Waals surface area contributed by atoms with Crippen LogP contribution in [0, 0.1) is 10.1 Å². The third kappa shape index (κ3) is 3.35. The number of rotatable bonds is 5. The molecule has 0 saturated carbocycles. The van der Waals surface area contributed by atoms with Gasteiger partial charge in [-0.25, -0.2) is 0 Å². The van der Waals surface area contributed by atoms with Crippen LogP contribution >= 0.6 is 0 Å². The quantitative estimate of drug-likeness (QED) is 0.660. The number of aromatic nitrogens is 1. The Morgan fingerprint density at radius 3 is 2.79 bits per heavy atom. The Morgan fingerprint density at radius 2 is 2.11 bits per heavy atom. The lowest BCUT2D eigenvalue weighted by molar-refractivity contribution is -0.385. The Balaban J connectivity index is 2.05. The molecule has 0 aliphatic heterocycles. The van der Waals surface area contributed by atoms with Crippen molar-refractivity contribution in [1.29, 1.82) is 0 Å². The van der Waals surface area contributed by atoms with E-state index in [1.807, 2.05) is 19.1 Å². The normalized spacial score (nSPS) is 12.1. The summed E-state index contributed by atoms with van der Waals surface area (Å²) in [4.78, 5) is 14.6. The number of hydrogen-bond acceptors (Lipinski definition) is 4. The van der Waals surface area contributed by atoms with Gasteiger partial charge in [-0.15, -0.1) is 0 Å². The second kappa shape index (κ2) is 6.06. The van der Waals surface area contributed by atoms with Crippen LogP contribution in [0.25, 0.3) is 0 Å². The first-order valence-corrected chi connectivity index (χ1v) is 6.04. The minimum absolute atomic E-state index is 0.0912. The van der Waals surface area contributed by atoms with Gasteiger partial charge in [0.1, 0.15) is 0 Å². The van der Waals surface area contributed by atoms with Crippen LogP contribution in [0.4, 0.5) is 5.69 Å². The van der Waals surface area contributed by atoms with Crippen molar-refractivity contribution in [2.24, 2.45) is 0 Å². The van der Waals surface area contributed by atoms with E-state index < -0.39 is 0 Å². The molecule has 2 rings (SSSR count). The molecule has 1 atom stereocenters. The molecule has 0 spiro atoms. The summed E-state index contributed by atoms with van der Waals surface area (Å²) in [6, 6.07) is 10.7. The molecule has 0 aliphatic carbocycles. The molecule has 0 bridgehead atoms. The Labute approximate surface area is 111 Å². The number of nitrogens with one attached hydrogen (secondary N) is 1. The summed E-state index contributed by atoms with van der Waals surface area (Å²) in [5.74, 6) is 0. The van der Waals surface area contributed by atoms with Crippen molar-refractivity contribution in [3.8, 4) is 0 Å². The van der Waals surface area contributed by atoms with Gasteiger partial charge in [-0.1, -0.05) is 24.3 Å². The highest BCUT2D eigenvalue weighted by atomic mass is 16.6. The van der Waals surface area contributed by atoms with Gasteiger partial charge in [-0.2, -0.15) is 0 Å². The van der Waals surface area contributed by atoms with Gasteiger partial charge < -0.3 is 5.32 Å². The van der Waals surface area contributed by atoms with Crippen molar-refractivity contribution in [3.63, 3.8) is 0 Å². The minimum atomic E-state index is -0.355. The molecule has 5 nitrogen and oxygen atoms in total. The van der Waals surface area contributed by atoms with Crippen molar-refractivity contribution in [2.45, 2.75) is 19.5 Å². The largest absolute Gasteiger partial charge is 0.306 e. The maximum atomic E-state index is 10.9. The van der Waals surface area contributed by atoms with Gasteiger partial charge >= 0.3 is 0 Å². The van der Waals surface area contributed by atoms with Crippen LogP contribution in [-0.4, -0.2) is 9.91 Å². The van der Waals surface area contributed by atoms with E-state index in [1.54, 1.807) is 30.6 Å². The van der Waals surface area contributed by atoms with Gasteiger partial charge in [-0.3, -0.25) is 15.1 Å². The molecule has 2 aromatic rings. The Kier molecular flexibility index (Phi) is 4.20. The fourth-order valence-electron chi connectivity index (χ4n) is 1.85. The van der Waals surface area contributed by atoms with E-state index in [2.05, 4.69) is 10.3 Å². The summed E-state index contributed by atoms with van der Waals surface area (Å²) in [6.07, 6.45) is 3.51. The zero-order valence-electron chi connectivity index (χ0n) is 10.6. The molecule has 0 aliphatic rings. The van der Waals surface area contributed by atoms with E-state index in [-0.39, 0.29) is 16.7 Å². The molecule has 5 heteroatoms. The van der Waals surface area contributed by atoms with Crippen LogP contribution < -0.4 is 5.32 Å². The van der Waals surface area contributed by atoms with E-state index in [0.717, 1.165) is 5.56 Å². The fourth-order valence-corrected chi connectivity index (χ4v) is 1.85. The maximum Gasteiger partial charge on any atom is 0.273 e. The first kappa shape index (κ1) is 13.2. The molecule has 1 aromatic carbocycles. The van der Waals surface area contributed by atoms with Crippen molar-refractivity contribution in [3.05, 3.63) is 70.0 Å². The van der Waals surface area contributed by atoms with Crippen molar-refractivity contribution >= 4 is 5.69 Å². The predicted molar refractivity (Wildman–Crippen MR) is 72.6 cm³/mol. The lowest BCUT2D eigenvalue weighted by Crippen LogP contribution is -2.18. The van der Waals surface area contributed by atoms with Crippen LogP contribution in [-0.2, 0) is 6.54 Å². The molecule has 0 saturated heterocycles. The van der Waals surface area contributed by atoms with Crippen LogP contribution in [0.2, 0.25) is 0 Å². The van der Waals surface area contributed by atoms with Crippen molar-refractivity contribution in [1.82, 2.24) is 10.3 Å². The molecule has 98 valence electrons. The lowest BCUT2D eigenvalue weighted by atomic mass is 10.1. The number of nitro benzene ring substituents is 1. The highest BCUT2D eigenvalue weighted by Gasteiger charge is 2.13. The predicted octanol–water partition coefficient (Wildman–Crippen LogP) is 2.84. The van der Waals surface area contributed by atoms with Crippen LogP contribution in [0.5, 0.6) is 0 Å². The van der Waals surface area contributed by atoms with Crippen molar-refractivity contribution in [2.75, 3.05) is 0 Å². The highest BCUT2D eigenvalue weighted by molar-refractivity contribution is 5.39. The molecule has 1 aromatic heterocycles. The Bertz CT molecular complexity index is 558. The number of nitrogens with zero attached hydrogens (tertiary/aromatic N) is 2. The van der Waals surface area contributed by atoms with Gasteiger partial charge in [0.2, 0.25) is 0 Å². The third-order valence-electron chi connectivity index (χ3n) is 2.97. The molecule has 0 amide bonds. The summed E-state index contributed by atoms with van der Waals surface area (Å²) in [7, 11) is 0. The van der Waals surface area contributed by atoms with Gasteiger partial charge in [0.05, 0.1) is 4.92 Å². The average Bonchev–Trinajstić information content (AvgIpc) is 2.46. The smallest absolute Gasteiger partial charge is 0.273 e. The number of nitro groups is 1. The monoisotopic (exact) mass is 257 g/mol. The molecule has 1 N–H and O–H groups in total. The molecule has 1 heterocycles. The standard InChI is InChI=1S/C14H15N3O2/c1-11(12-6-4-8-15-9-12)16-10-13-5-2-3-7-14(13)17(18)19/h2-9,11,16H,10H2,1H3/t11-/m1/s1. The molecule has 0 radical (unpaired) electrons. The number of para-hydroxylation sites is 1. The molecular formula is C14H15N3O2. The molecule has 0 fully saturated rings. The Morgan fingerprint density at radius 1 is 1.32 bits per heavy atom. The average molecular weight is 257 g/mol. The maximum absolute atomic E-state index is 10.9. The SMILES string of the molecule is C[C@@H](NCc1ccccc1[N+](=O)[O-])c1cccnc1. The first-order valence-electron chi connectivity index (χ1n) is 6.04. The lowest BCUT2D eigenvalue weighted by Gasteiger charge is -2.13. The summed E-state index contributed by atoms with van der Waals surface area (Å²) >= 11 is 0. The number of pyridine rings is 1. The van der Waals surface area contributed by atoms with E-state index in [1.165, 1.54) is 6.07 Å². The van der Waals surface area contributed by atoms with Crippen molar-refractivity contribution < 1.29 is 4.92 Å². The number of benzene rings is 1. The van der Waals surface area contributed by atoms with E-state index in [0.29, 0.717) is 12.1 Å². The van der Waals surface area contributed by atoms with Gasteiger partial charge in [0.15, 0.2) is 0 Å². The zero-order chi connectivity index (χ0) is 13.7. The number of hydrogen-bond donors (Lipinski definition) is 1. The topological polar surface area (TPSA) is 68.1 Å². The van der Waals surface area contributed by atoms with Crippen LogP contribution in [0.15, 0.2) is 48.8 Å².